The van der Waals surface area contributed by atoms with Crippen molar-refractivity contribution >= 4 is 22.6 Å². The van der Waals surface area contributed by atoms with Gasteiger partial charge in [-0.05, 0) is 18.9 Å². The second-order valence-corrected chi connectivity index (χ2v) is 6.29. The Morgan fingerprint density at radius 2 is 1.92 bits per heavy atom. The zero-order chi connectivity index (χ0) is 18.5. The fraction of sp³-hybridized carbons (Fsp3) is 0.500. The van der Waals surface area contributed by atoms with Gasteiger partial charge in [0, 0.05) is 43.5 Å². The van der Waals surface area contributed by atoms with Gasteiger partial charge in [-0.15, -0.1) is 0 Å². The molecular weight excluding hydrogens is 334 g/mol. The Morgan fingerprint density at radius 3 is 2.58 bits per heavy atom. The number of benzene rings is 1. The average molecular weight is 359 g/mol. The van der Waals surface area contributed by atoms with E-state index in [2.05, 4.69) is 20.2 Å². The Bertz CT molecular complexity index is 775. The van der Waals surface area contributed by atoms with Crippen molar-refractivity contribution in [3.05, 3.63) is 18.5 Å². The molecule has 1 saturated heterocycles. The molecule has 1 aromatic carbocycles. The van der Waals surface area contributed by atoms with Gasteiger partial charge in [0.05, 0.1) is 19.7 Å². The number of amides is 1. The third-order valence-corrected chi connectivity index (χ3v) is 4.65. The molecule has 0 unspecified atom stereocenters. The lowest BCUT2D eigenvalue weighted by molar-refractivity contribution is -0.121. The first-order chi connectivity index (χ1) is 12.7. The zero-order valence-electron chi connectivity index (χ0n) is 15.2. The molecule has 0 bridgehead atoms. The van der Waals surface area contributed by atoms with E-state index < -0.39 is 0 Å². The molecule has 0 aliphatic carbocycles. The third kappa shape index (κ3) is 3.80. The van der Waals surface area contributed by atoms with Gasteiger partial charge < -0.3 is 25.4 Å². The number of anilines is 1. The summed E-state index contributed by atoms with van der Waals surface area (Å²) in [4.78, 5) is 22.8. The zero-order valence-corrected chi connectivity index (χ0v) is 15.2. The van der Waals surface area contributed by atoms with Gasteiger partial charge >= 0.3 is 0 Å². The van der Waals surface area contributed by atoms with Crippen LogP contribution in [-0.2, 0) is 4.79 Å². The van der Waals surface area contributed by atoms with E-state index in [9.17, 15) is 4.79 Å². The maximum Gasteiger partial charge on any atom is 0.221 e. The van der Waals surface area contributed by atoms with Gasteiger partial charge in [0.25, 0.3) is 0 Å². The number of nitrogens with two attached hydrogens (primary N) is 1. The van der Waals surface area contributed by atoms with E-state index in [1.807, 2.05) is 12.1 Å². The Hall–Kier alpha value is -2.61. The minimum absolute atomic E-state index is 0.0234. The van der Waals surface area contributed by atoms with Crippen LogP contribution in [-0.4, -0.2) is 55.8 Å². The Morgan fingerprint density at radius 1 is 1.23 bits per heavy atom. The summed E-state index contributed by atoms with van der Waals surface area (Å²) in [6.07, 6.45) is 3.68. The van der Waals surface area contributed by atoms with Crippen LogP contribution in [0.4, 0.5) is 5.82 Å². The third-order valence-electron chi connectivity index (χ3n) is 4.65. The summed E-state index contributed by atoms with van der Waals surface area (Å²) in [5.74, 6) is 2.20. The molecule has 8 nitrogen and oxygen atoms in total. The number of carbonyl (C=O) groups is 1. The number of hydrogen-bond acceptors (Lipinski definition) is 7. The highest BCUT2D eigenvalue weighted by molar-refractivity contribution is 5.92. The number of nitrogens with one attached hydrogen (secondary N) is 1. The monoisotopic (exact) mass is 359 g/mol. The first-order valence-corrected chi connectivity index (χ1v) is 8.77. The molecule has 1 aromatic heterocycles. The van der Waals surface area contributed by atoms with Gasteiger partial charge in [0.2, 0.25) is 5.91 Å². The van der Waals surface area contributed by atoms with E-state index in [0.717, 1.165) is 42.7 Å². The minimum Gasteiger partial charge on any atom is -0.493 e. The molecule has 0 radical (unpaired) electrons. The number of fused-ring (bicyclic) bond motifs is 1. The van der Waals surface area contributed by atoms with E-state index in [-0.39, 0.29) is 11.9 Å². The number of ether oxygens (including phenoxy) is 2. The Labute approximate surface area is 152 Å². The van der Waals surface area contributed by atoms with Gasteiger partial charge in [-0.25, -0.2) is 9.97 Å². The van der Waals surface area contributed by atoms with Crippen LogP contribution < -0.4 is 25.4 Å². The predicted molar refractivity (Wildman–Crippen MR) is 99.7 cm³/mol. The van der Waals surface area contributed by atoms with Crippen LogP contribution in [0, 0.1) is 0 Å². The van der Waals surface area contributed by atoms with Gasteiger partial charge in [-0.3, -0.25) is 4.79 Å². The van der Waals surface area contributed by atoms with Crippen molar-refractivity contribution in [3.63, 3.8) is 0 Å². The quantitative estimate of drug-likeness (QED) is 0.795. The van der Waals surface area contributed by atoms with E-state index in [4.69, 9.17) is 15.2 Å². The normalized spacial score (nSPS) is 15.1. The molecule has 8 heteroatoms. The van der Waals surface area contributed by atoms with Crippen LogP contribution in [0.15, 0.2) is 18.5 Å². The van der Waals surface area contributed by atoms with E-state index in [0.29, 0.717) is 24.5 Å². The van der Waals surface area contributed by atoms with Gasteiger partial charge in [0.1, 0.15) is 12.1 Å². The summed E-state index contributed by atoms with van der Waals surface area (Å²) < 4.78 is 10.8. The summed E-state index contributed by atoms with van der Waals surface area (Å²) in [6, 6.07) is 3.96. The van der Waals surface area contributed by atoms with Gasteiger partial charge in [-0.2, -0.15) is 0 Å². The highest BCUT2D eigenvalue weighted by atomic mass is 16.5. The predicted octanol–water partition coefficient (Wildman–Crippen LogP) is 1.08. The van der Waals surface area contributed by atoms with Crippen molar-refractivity contribution < 1.29 is 14.3 Å². The first-order valence-electron chi connectivity index (χ1n) is 8.77. The van der Waals surface area contributed by atoms with Crippen molar-refractivity contribution in [1.82, 2.24) is 15.3 Å². The molecule has 2 heterocycles. The number of nitrogens with zero attached hydrogens (tertiary/aromatic N) is 3. The summed E-state index contributed by atoms with van der Waals surface area (Å²) >= 11 is 0. The Balaban J connectivity index is 1.78. The molecule has 3 N–H and O–H groups in total. The van der Waals surface area contributed by atoms with Crippen LogP contribution in [0.25, 0.3) is 10.9 Å². The van der Waals surface area contributed by atoms with Gasteiger partial charge in [-0.1, -0.05) is 0 Å². The highest BCUT2D eigenvalue weighted by Crippen LogP contribution is 2.35. The fourth-order valence-corrected chi connectivity index (χ4v) is 3.29. The van der Waals surface area contributed by atoms with E-state index in [1.165, 1.54) is 0 Å². The molecule has 1 amide bonds. The molecule has 1 aliphatic rings. The SMILES string of the molecule is COc1cc2ncnc(N3CCC(NC(=O)CCN)CC3)c2cc1OC. The van der Waals surface area contributed by atoms with Crippen molar-refractivity contribution in [3.8, 4) is 11.5 Å². The van der Waals surface area contributed by atoms with Crippen LogP contribution in [0.2, 0.25) is 0 Å². The lowest BCUT2D eigenvalue weighted by Gasteiger charge is -2.33. The summed E-state index contributed by atoms with van der Waals surface area (Å²) in [7, 11) is 3.22. The summed E-state index contributed by atoms with van der Waals surface area (Å²) in [5.41, 5.74) is 6.24. The fourth-order valence-electron chi connectivity index (χ4n) is 3.29. The van der Waals surface area contributed by atoms with Crippen LogP contribution in [0.5, 0.6) is 11.5 Å². The van der Waals surface area contributed by atoms with Crippen LogP contribution in [0.1, 0.15) is 19.3 Å². The topological polar surface area (TPSA) is 103 Å². The smallest absolute Gasteiger partial charge is 0.221 e. The number of piperidine rings is 1. The lowest BCUT2D eigenvalue weighted by Crippen LogP contribution is -2.45. The second-order valence-electron chi connectivity index (χ2n) is 6.29. The largest absolute Gasteiger partial charge is 0.493 e. The standard InChI is InChI=1S/C18H25N5O3/c1-25-15-9-13-14(10-16(15)26-2)20-11-21-18(13)23-7-4-12(5-8-23)22-17(24)3-6-19/h9-12H,3-8,19H2,1-2H3,(H,22,24). The minimum atomic E-state index is 0.0234. The van der Waals surface area contributed by atoms with Gasteiger partial charge in [0.15, 0.2) is 11.5 Å². The molecular formula is C18H25N5O3. The van der Waals surface area contributed by atoms with Crippen LogP contribution >= 0.6 is 0 Å². The van der Waals surface area contributed by atoms with E-state index in [1.54, 1.807) is 20.5 Å². The molecule has 3 rings (SSSR count). The van der Waals surface area contributed by atoms with Crippen molar-refractivity contribution in [2.45, 2.75) is 25.3 Å². The van der Waals surface area contributed by atoms with Crippen LogP contribution in [0.3, 0.4) is 0 Å². The first kappa shape index (κ1) is 18.2. The Kier molecular flexibility index (Phi) is 5.72. The maximum absolute atomic E-state index is 11.7. The maximum atomic E-state index is 11.7. The molecule has 2 aromatic rings. The molecule has 0 saturated carbocycles. The molecule has 1 aliphatic heterocycles. The molecule has 140 valence electrons. The van der Waals surface area contributed by atoms with E-state index >= 15 is 0 Å². The lowest BCUT2D eigenvalue weighted by atomic mass is 10.0. The molecule has 0 spiro atoms. The number of carbonyl (C=O) groups excluding carboxylic acids is 1. The molecule has 1 fully saturated rings. The highest BCUT2D eigenvalue weighted by Gasteiger charge is 2.23. The second kappa shape index (κ2) is 8.18. The average Bonchev–Trinajstić information content (AvgIpc) is 2.67. The molecule has 0 atom stereocenters. The summed E-state index contributed by atoms with van der Waals surface area (Å²) in [5, 5.41) is 3.97. The number of methoxy groups -OCH3 is 2. The number of aromatic nitrogens is 2. The summed E-state index contributed by atoms with van der Waals surface area (Å²) in [6.45, 7) is 2.00. The van der Waals surface area contributed by atoms with Crippen molar-refractivity contribution in [2.24, 2.45) is 5.73 Å². The molecule has 26 heavy (non-hydrogen) atoms. The van der Waals surface area contributed by atoms with Crippen molar-refractivity contribution in [1.29, 1.82) is 0 Å². The number of hydrogen-bond donors (Lipinski definition) is 2. The number of rotatable bonds is 6. The van der Waals surface area contributed by atoms with Crippen molar-refractivity contribution in [2.75, 3.05) is 38.8 Å².